The third-order valence-corrected chi connectivity index (χ3v) is 2.83. The van der Waals surface area contributed by atoms with Gasteiger partial charge in [0.25, 0.3) is 0 Å². The van der Waals surface area contributed by atoms with Gasteiger partial charge < -0.3 is 19.9 Å². The largest absolute Gasteiger partial charge is 0.454 e. The van der Waals surface area contributed by atoms with Gasteiger partial charge in [-0.25, -0.2) is 0 Å². The highest BCUT2D eigenvalue weighted by atomic mass is 16.7. The Kier molecular flexibility index (Phi) is 4.23. The van der Waals surface area contributed by atoms with Crippen LogP contribution in [0, 0.1) is 0 Å². The molecule has 0 radical (unpaired) electrons. The van der Waals surface area contributed by atoms with E-state index in [0.29, 0.717) is 6.54 Å². The minimum Gasteiger partial charge on any atom is -0.454 e. The second kappa shape index (κ2) is 5.89. The van der Waals surface area contributed by atoms with Gasteiger partial charge in [-0.2, -0.15) is 0 Å². The lowest BCUT2D eigenvalue weighted by atomic mass is 10.1. The molecule has 1 aromatic carbocycles. The second-order valence-electron chi connectivity index (χ2n) is 4.19. The highest BCUT2D eigenvalue weighted by Crippen LogP contribution is 2.33. The zero-order valence-corrected chi connectivity index (χ0v) is 10.1. The molecule has 1 heterocycles. The fourth-order valence-electron chi connectivity index (χ4n) is 1.78. The van der Waals surface area contributed by atoms with Crippen LogP contribution >= 0.6 is 0 Å². The summed E-state index contributed by atoms with van der Waals surface area (Å²) in [4.78, 5) is 0. The minimum atomic E-state index is -0.499. The van der Waals surface area contributed by atoms with Crippen molar-refractivity contribution in [3.8, 4) is 11.5 Å². The molecule has 0 aliphatic carbocycles. The first kappa shape index (κ1) is 12.2. The number of rotatable bonds is 6. The maximum Gasteiger partial charge on any atom is 0.231 e. The Balaban J connectivity index is 1.88. The van der Waals surface area contributed by atoms with Crippen LogP contribution in [-0.4, -0.2) is 25.0 Å². The molecule has 94 valence electrons. The van der Waals surface area contributed by atoms with E-state index < -0.39 is 6.10 Å². The van der Waals surface area contributed by atoms with Crippen molar-refractivity contribution in [3.05, 3.63) is 23.8 Å². The van der Waals surface area contributed by atoms with E-state index >= 15 is 0 Å². The lowest BCUT2D eigenvalue weighted by Crippen LogP contribution is -2.22. The van der Waals surface area contributed by atoms with Crippen LogP contribution in [-0.2, 0) is 0 Å². The zero-order valence-electron chi connectivity index (χ0n) is 10.1. The van der Waals surface area contributed by atoms with E-state index in [1.165, 1.54) is 0 Å². The summed E-state index contributed by atoms with van der Waals surface area (Å²) in [6.45, 7) is 3.93. The number of aliphatic hydroxyl groups excluding tert-OH is 1. The molecule has 0 bridgehead atoms. The molecular weight excluding hydrogens is 218 g/mol. The predicted molar refractivity (Wildman–Crippen MR) is 65.3 cm³/mol. The molecule has 2 N–H and O–H groups in total. The van der Waals surface area contributed by atoms with Gasteiger partial charge in [0.05, 0.1) is 6.10 Å². The van der Waals surface area contributed by atoms with Crippen LogP contribution in [0.25, 0.3) is 0 Å². The number of hydrogen-bond donors (Lipinski definition) is 2. The van der Waals surface area contributed by atoms with Gasteiger partial charge >= 0.3 is 0 Å². The van der Waals surface area contributed by atoms with Crippen LogP contribution in [0.3, 0.4) is 0 Å². The summed E-state index contributed by atoms with van der Waals surface area (Å²) in [6.07, 6.45) is 1.79. The Bertz CT molecular complexity index is 368. The topological polar surface area (TPSA) is 50.7 Å². The van der Waals surface area contributed by atoms with Crippen LogP contribution in [0.5, 0.6) is 11.5 Å². The summed E-state index contributed by atoms with van der Waals surface area (Å²) in [7, 11) is 0. The summed E-state index contributed by atoms with van der Waals surface area (Å²) in [5.74, 6) is 1.47. The van der Waals surface area contributed by atoms with Gasteiger partial charge in [0.15, 0.2) is 11.5 Å². The fraction of sp³-hybridized carbons (Fsp3) is 0.538. The molecule has 0 saturated carbocycles. The molecule has 1 aromatic rings. The first-order chi connectivity index (χ1) is 8.31. The van der Waals surface area contributed by atoms with Crippen LogP contribution in [0.4, 0.5) is 0 Å². The Morgan fingerprint density at radius 2 is 2.18 bits per heavy atom. The highest BCUT2D eigenvalue weighted by molar-refractivity contribution is 5.45. The minimum absolute atomic E-state index is 0.267. The van der Waals surface area contributed by atoms with Crippen molar-refractivity contribution in [3.63, 3.8) is 0 Å². The smallest absolute Gasteiger partial charge is 0.231 e. The van der Waals surface area contributed by atoms with Crippen LogP contribution in [0.15, 0.2) is 18.2 Å². The predicted octanol–water partition coefficient (Wildman–Crippen LogP) is 1.84. The Labute approximate surface area is 102 Å². The maximum absolute atomic E-state index is 9.99. The average Bonchev–Trinajstić information content (AvgIpc) is 2.81. The van der Waals surface area contributed by atoms with E-state index in [-0.39, 0.29) is 6.79 Å². The molecule has 4 nitrogen and oxygen atoms in total. The molecule has 0 spiro atoms. The molecule has 0 fully saturated rings. The van der Waals surface area contributed by atoms with Crippen LogP contribution in [0.2, 0.25) is 0 Å². The van der Waals surface area contributed by atoms with Gasteiger partial charge in [0, 0.05) is 6.54 Å². The summed E-state index contributed by atoms with van der Waals surface area (Å²) in [5, 5.41) is 13.2. The van der Waals surface area contributed by atoms with Crippen molar-refractivity contribution >= 4 is 0 Å². The van der Waals surface area contributed by atoms with E-state index in [1.807, 2.05) is 18.2 Å². The van der Waals surface area contributed by atoms with Crippen molar-refractivity contribution in [2.75, 3.05) is 19.9 Å². The zero-order chi connectivity index (χ0) is 12.1. The third-order valence-electron chi connectivity index (χ3n) is 2.83. The lowest BCUT2D eigenvalue weighted by molar-refractivity contribution is 0.170. The molecule has 1 aliphatic rings. The molecule has 2 rings (SSSR count). The molecular formula is C13H19NO3. The molecule has 1 aliphatic heterocycles. The summed E-state index contributed by atoms with van der Waals surface area (Å²) in [6, 6.07) is 5.56. The molecule has 0 amide bonds. The normalized spacial score (nSPS) is 14.9. The Morgan fingerprint density at radius 1 is 1.35 bits per heavy atom. The number of ether oxygens (including phenoxy) is 2. The lowest BCUT2D eigenvalue weighted by Gasteiger charge is -2.12. The molecule has 0 aromatic heterocycles. The van der Waals surface area contributed by atoms with Crippen molar-refractivity contribution in [2.24, 2.45) is 0 Å². The summed E-state index contributed by atoms with van der Waals surface area (Å²) < 4.78 is 10.5. The monoisotopic (exact) mass is 237 g/mol. The summed E-state index contributed by atoms with van der Waals surface area (Å²) >= 11 is 0. The first-order valence-electron chi connectivity index (χ1n) is 6.09. The third kappa shape index (κ3) is 3.11. The Morgan fingerprint density at radius 3 is 3.00 bits per heavy atom. The number of benzene rings is 1. The molecule has 1 unspecified atom stereocenters. The van der Waals surface area contributed by atoms with Crippen molar-refractivity contribution in [2.45, 2.75) is 25.9 Å². The van der Waals surface area contributed by atoms with Crippen molar-refractivity contribution in [1.29, 1.82) is 0 Å². The van der Waals surface area contributed by atoms with Crippen molar-refractivity contribution < 1.29 is 14.6 Å². The van der Waals surface area contributed by atoms with Crippen molar-refractivity contribution in [1.82, 2.24) is 5.32 Å². The molecule has 0 saturated heterocycles. The number of unbranched alkanes of at least 4 members (excludes halogenated alkanes) is 1. The van der Waals surface area contributed by atoms with Gasteiger partial charge in [-0.05, 0) is 30.7 Å². The van der Waals surface area contributed by atoms with Gasteiger partial charge in [0.2, 0.25) is 6.79 Å². The van der Waals surface area contributed by atoms with Crippen LogP contribution in [0.1, 0.15) is 31.4 Å². The van der Waals surface area contributed by atoms with Gasteiger partial charge in [-0.15, -0.1) is 0 Å². The van der Waals surface area contributed by atoms with Crippen LogP contribution < -0.4 is 14.8 Å². The van der Waals surface area contributed by atoms with E-state index in [4.69, 9.17) is 9.47 Å². The molecule has 4 heteroatoms. The van der Waals surface area contributed by atoms with Gasteiger partial charge in [0.1, 0.15) is 0 Å². The van der Waals surface area contributed by atoms with Gasteiger partial charge in [-0.3, -0.25) is 0 Å². The average molecular weight is 237 g/mol. The molecule has 1 atom stereocenters. The quantitative estimate of drug-likeness (QED) is 0.741. The number of fused-ring (bicyclic) bond motifs is 1. The standard InChI is InChI=1S/C13H19NO3/c1-2-3-6-14-8-11(15)10-4-5-12-13(7-10)17-9-16-12/h4-5,7,11,14-15H,2-3,6,8-9H2,1H3. The SMILES string of the molecule is CCCCNCC(O)c1ccc2c(c1)OCO2. The number of nitrogens with one attached hydrogen (secondary N) is 1. The van der Waals surface area contributed by atoms with Gasteiger partial charge in [-0.1, -0.05) is 19.4 Å². The van der Waals surface area contributed by atoms with E-state index in [2.05, 4.69) is 12.2 Å². The Hall–Kier alpha value is -1.26. The summed E-state index contributed by atoms with van der Waals surface area (Å²) in [5.41, 5.74) is 0.859. The second-order valence-corrected chi connectivity index (χ2v) is 4.19. The number of aliphatic hydroxyl groups is 1. The van der Waals surface area contributed by atoms with E-state index in [0.717, 1.165) is 36.4 Å². The maximum atomic E-state index is 9.99. The van der Waals surface area contributed by atoms with E-state index in [1.54, 1.807) is 0 Å². The first-order valence-corrected chi connectivity index (χ1v) is 6.09. The molecule has 17 heavy (non-hydrogen) atoms. The van der Waals surface area contributed by atoms with E-state index in [9.17, 15) is 5.11 Å². The number of hydrogen-bond acceptors (Lipinski definition) is 4. The fourth-order valence-corrected chi connectivity index (χ4v) is 1.78. The highest BCUT2D eigenvalue weighted by Gasteiger charge is 2.16.